The highest BCUT2D eigenvalue weighted by atomic mass is 16.6. The molecule has 0 bridgehead atoms. The zero-order valence-corrected chi connectivity index (χ0v) is 10.0. The van der Waals surface area contributed by atoms with Gasteiger partial charge in [0.2, 0.25) is 0 Å². The van der Waals surface area contributed by atoms with Gasteiger partial charge in [0.05, 0.1) is 12.8 Å². The third-order valence-electron chi connectivity index (χ3n) is 1.88. The fourth-order valence-corrected chi connectivity index (χ4v) is 1.06. The van der Waals surface area contributed by atoms with Crippen LogP contribution in [0, 0.1) is 0 Å². The number of carbonyl (C=O) groups is 2. The highest BCUT2D eigenvalue weighted by molar-refractivity contribution is 5.92. The Kier molecular flexibility index (Phi) is 10.8. The normalized spacial score (nSPS) is 14.2. The van der Waals surface area contributed by atoms with E-state index in [2.05, 4.69) is 15.4 Å². The van der Waals surface area contributed by atoms with Crippen molar-refractivity contribution >= 4 is 11.9 Å². The molecule has 1 heterocycles. The molecule has 0 aromatic carbocycles. The zero-order valence-electron chi connectivity index (χ0n) is 10.0. The molecule has 0 unspecified atom stereocenters. The van der Waals surface area contributed by atoms with Crippen LogP contribution in [-0.4, -0.2) is 51.2 Å². The third kappa shape index (κ3) is 11.2. The minimum Gasteiger partial charge on any atom is -0.393 e. The predicted octanol–water partition coefficient (Wildman–Crippen LogP) is -2.07. The highest BCUT2D eigenvalue weighted by Crippen LogP contribution is 2.03. The summed E-state index contributed by atoms with van der Waals surface area (Å²) in [5.41, 5.74) is 10.5. The van der Waals surface area contributed by atoms with Crippen molar-refractivity contribution in [3.05, 3.63) is 0 Å². The average molecular weight is 246 g/mol. The quantitative estimate of drug-likeness (QED) is 0.231. The van der Waals surface area contributed by atoms with E-state index in [-0.39, 0.29) is 12.8 Å². The molecule has 0 atom stereocenters. The fourth-order valence-electron chi connectivity index (χ4n) is 1.06. The van der Waals surface area contributed by atoms with Crippen LogP contribution in [0.1, 0.15) is 12.8 Å². The molecule has 0 aliphatic carbocycles. The summed E-state index contributed by atoms with van der Waals surface area (Å²) in [6, 6.07) is 0. The van der Waals surface area contributed by atoms with Gasteiger partial charge in [-0.1, -0.05) is 0 Å². The van der Waals surface area contributed by atoms with Gasteiger partial charge in [-0.15, -0.1) is 0 Å². The molecule has 0 aromatic rings. The number of cyclic esters (lactones) is 2. The van der Waals surface area contributed by atoms with Crippen molar-refractivity contribution in [2.45, 2.75) is 12.8 Å². The number of rotatable bonds is 7. The number of carbonyl (C=O) groups excluding carboxylic acids is 2. The summed E-state index contributed by atoms with van der Waals surface area (Å²) in [5, 5.41) is 6.33. The van der Waals surface area contributed by atoms with Crippen molar-refractivity contribution in [2.75, 3.05) is 39.3 Å². The summed E-state index contributed by atoms with van der Waals surface area (Å²) >= 11 is 0. The highest BCUT2D eigenvalue weighted by Gasteiger charge is 2.19. The van der Waals surface area contributed by atoms with E-state index >= 15 is 0 Å². The Bertz CT molecular complexity index is 202. The van der Waals surface area contributed by atoms with E-state index in [9.17, 15) is 9.59 Å². The molecular formula is C10H22N4O3. The maximum atomic E-state index is 10.0. The predicted molar refractivity (Wildman–Crippen MR) is 64.2 cm³/mol. The van der Waals surface area contributed by atoms with Gasteiger partial charge in [0.25, 0.3) is 0 Å². The molecule has 0 saturated carbocycles. The lowest BCUT2D eigenvalue weighted by Crippen LogP contribution is -2.32. The molecule has 0 aromatic heterocycles. The van der Waals surface area contributed by atoms with Crippen LogP contribution in [0.3, 0.4) is 0 Å². The first-order chi connectivity index (χ1) is 8.20. The lowest BCUT2D eigenvalue weighted by atomic mass is 10.4. The first-order valence-corrected chi connectivity index (χ1v) is 5.75. The van der Waals surface area contributed by atoms with Gasteiger partial charge in [0.15, 0.2) is 0 Å². The first-order valence-electron chi connectivity index (χ1n) is 5.75. The molecule has 100 valence electrons. The largest absolute Gasteiger partial charge is 0.393 e. The SMILES string of the molecule is NCCNCCNCCN.O=C1CCC(=O)O1. The van der Waals surface area contributed by atoms with Crippen LogP contribution in [0.15, 0.2) is 0 Å². The number of esters is 2. The summed E-state index contributed by atoms with van der Waals surface area (Å²) in [4.78, 5) is 20.0. The second-order valence-electron chi connectivity index (χ2n) is 3.42. The smallest absolute Gasteiger partial charge is 0.314 e. The van der Waals surface area contributed by atoms with E-state index in [0.717, 1.165) is 26.2 Å². The van der Waals surface area contributed by atoms with Gasteiger partial charge < -0.3 is 26.8 Å². The molecule has 7 nitrogen and oxygen atoms in total. The summed E-state index contributed by atoms with van der Waals surface area (Å²) in [5.74, 6) is -0.796. The molecule has 6 N–H and O–H groups in total. The summed E-state index contributed by atoms with van der Waals surface area (Å²) in [7, 11) is 0. The molecule has 17 heavy (non-hydrogen) atoms. The van der Waals surface area contributed by atoms with Crippen LogP contribution < -0.4 is 22.1 Å². The summed E-state index contributed by atoms with van der Waals surface area (Å²) < 4.78 is 4.08. The van der Waals surface area contributed by atoms with Crippen molar-refractivity contribution < 1.29 is 14.3 Å². The Hall–Kier alpha value is -1.02. The van der Waals surface area contributed by atoms with Crippen molar-refractivity contribution in [2.24, 2.45) is 11.5 Å². The van der Waals surface area contributed by atoms with Gasteiger partial charge in [-0.2, -0.15) is 0 Å². The lowest BCUT2D eigenvalue weighted by molar-refractivity contribution is -0.151. The average Bonchev–Trinajstić information content (AvgIpc) is 2.68. The van der Waals surface area contributed by atoms with E-state index in [1.165, 1.54) is 0 Å². The van der Waals surface area contributed by atoms with Crippen molar-refractivity contribution in [1.29, 1.82) is 0 Å². The molecular weight excluding hydrogens is 224 g/mol. The van der Waals surface area contributed by atoms with E-state index < -0.39 is 11.9 Å². The Morgan fingerprint density at radius 2 is 1.29 bits per heavy atom. The summed E-state index contributed by atoms with van der Waals surface area (Å²) in [6.45, 7) is 5.14. The Balaban J connectivity index is 0.000000318. The Morgan fingerprint density at radius 1 is 0.882 bits per heavy atom. The van der Waals surface area contributed by atoms with Crippen LogP contribution in [0.2, 0.25) is 0 Å². The molecule has 0 radical (unpaired) electrons. The van der Waals surface area contributed by atoms with E-state index in [1.54, 1.807) is 0 Å². The van der Waals surface area contributed by atoms with Gasteiger partial charge in [-0.25, -0.2) is 0 Å². The fraction of sp³-hybridized carbons (Fsp3) is 0.800. The van der Waals surface area contributed by atoms with E-state index in [1.807, 2.05) is 0 Å². The molecule has 1 aliphatic rings. The molecule has 1 rings (SSSR count). The first kappa shape index (κ1) is 16.0. The molecule has 7 heteroatoms. The van der Waals surface area contributed by atoms with Gasteiger partial charge in [-0.3, -0.25) is 9.59 Å². The topological polar surface area (TPSA) is 119 Å². The maximum absolute atomic E-state index is 10.0. The van der Waals surface area contributed by atoms with Crippen molar-refractivity contribution in [1.82, 2.24) is 10.6 Å². The number of nitrogens with one attached hydrogen (secondary N) is 2. The summed E-state index contributed by atoms with van der Waals surface area (Å²) in [6.07, 6.45) is 0.525. The zero-order chi connectivity index (χ0) is 12.9. The Labute approximate surface area is 101 Å². The minimum absolute atomic E-state index is 0.263. The maximum Gasteiger partial charge on any atom is 0.314 e. The lowest BCUT2D eigenvalue weighted by Gasteiger charge is -2.03. The van der Waals surface area contributed by atoms with Gasteiger partial charge in [0, 0.05) is 39.3 Å². The van der Waals surface area contributed by atoms with Gasteiger partial charge >= 0.3 is 11.9 Å². The second kappa shape index (κ2) is 11.5. The van der Waals surface area contributed by atoms with Crippen LogP contribution in [0.4, 0.5) is 0 Å². The third-order valence-corrected chi connectivity index (χ3v) is 1.88. The standard InChI is InChI=1S/C6H18N4.C4H4O3/c7-1-3-9-5-6-10-4-2-8;5-3-1-2-4(6)7-3/h9-10H,1-8H2;1-2H2. The van der Waals surface area contributed by atoms with Crippen molar-refractivity contribution in [3.8, 4) is 0 Å². The van der Waals surface area contributed by atoms with Gasteiger partial charge in [0.1, 0.15) is 0 Å². The number of hydrogen-bond donors (Lipinski definition) is 4. The van der Waals surface area contributed by atoms with Crippen molar-refractivity contribution in [3.63, 3.8) is 0 Å². The minimum atomic E-state index is -0.398. The monoisotopic (exact) mass is 246 g/mol. The van der Waals surface area contributed by atoms with Crippen LogP contribution in [0.5, 0.6) is 0 Å². The van der Waals surface area contributed by atoms with Gasteiger partial charge in [-0.05, 0) is 0 Å². The molecule has 1 aliphatic heterocycles. The van der Waals surface area contributed by atoms with E-state index in [0.29, 0.717) is 13.1 Å². The second-order valence-corrected chi connectivity index (χ2v) is 3.42. The molecule has 0 spiro atoms. The van der Waals surface area contributed by atoms with Crippen LogP contribution in [0.25, 0.3) is 0 Å². The number of ether oxygens (including phenoxy) is 1. The molecule has 1 fully saturated rings. The van der Waals surface area contributed by atoms with Crippen LogP contribution in [-0.2, 0) is 14.3 Å². The number of hydrogen-bond acceptors (Lipinski definition) is 7. The van der Waals surface area contributed by atoms with E-state index in [4.69, 9.17) is 11.5 Å². The Morgan fingerprint density at radius 3 is 1.53 bits per heavy atom. The molecule has 0 amide bonds. The van der Waals surface area contributed by atoms with Crippen LogP contribution >= 0.6 is 0 Å². The molecule has 1 saturated heterocycles. The number of nitrogens with two attached hydrogens (primary N) is 2.